The van der Waals surface area contributed by atoms with E-state index in [2.05, 4.69) is 0 Å². The summed E-state index contributed by atoms with van der Waals surface area (Å²) in [6.07, 6.45) is 0. The van der Waals surface area contributed by atoms with Crippen molar-refractivity contribution in [3.8, 4) is 0 Å². The van der Waals surface area contributed by atoms with E-state index >= 15 is 0 Å². The molecular formula is Cl21Ir3Rh2-3. The summed E-state index contributed by atoms with van der Waals surface area (Å²) in [5.41, 5.74) is 0. The summed E-state index contributed by atoms with van der Waals surface area (Å²) in [7, 11) is 91.0. The number of halogens is 21. The fraction of sp³-hybridized carbons (Fsp3) is 0. The quantitative estimate of drug-likeness (QED) is 0.327. The van der Waals surface area contributed by atoms with E-state index in [4.69, 9.17) is 173 Å². The molecule has 0 bridgehead atoms. The summed E-state index contributed by atoms with van der Waals surface area (Å²) in [5.74, 6) is 0. The molecule has 0 unspecified atom stereocenters. The van der Waals surface area contributed by atoms with Crippen LogP contribution in [0.5, 0.6) is 0 Å². The van der Waals surface area contributed by atoms with Gasteiger partial charge in [0, 0.05) is 0 Å². The minimum atomic E-state index is -5.33. The molecule has 0 fully saturated rings. The molecular weight excluding hydrogens is 1530 g/mol. The van der Waals surface area contributed by atoms with Gasteiger partial charge in [-0.1, -0.05) is 0 Å². The van der Waals surface area contributed by atoms with Crippen LogP contribution in [0.25, 0.3) is 0 Å². The second-order valence-corrected chi connectivity index (χ2v) is 158. The molecule has 0 saturated heterocycles. The molecule has 0 atom stereocenters. The van der Waals surface area contributed by atoms with Gasteiger partial charge in [-0.15, -0.1) is 0 Å². The molecule has 0 rings (SSSR count). The first-order valence-electron chi connectivity index (χ1n) is 2.27. The number of hydrogen-bond donors (Lipinski definition) is 0. The van der Waals surface area contributed by atoms with E-state index < -0.39 is 20.4 Å². The summed E-state index contributed by atoms with van der Waals surface area (Å²) in [6.45, 7) is -16.0. The Bertz CT molecular complexity index is 270. The Hall–Kier alpha value is 9.28. The molecule has 0 heterocycles. The molecule has 195 valence electrons. The minimum Gasteiger partial charge on any atom is 3.00 e. The molecule has 0 aromatic rings. The Morgan fingerprint density at radius 2 is 0.231 bits per heavy atom. The molecule has 0 aromatic carbocycles. The SMILES string of the molecule is [Cl-].[Cl-].[Cl-].[Cl][Ir-2]([Cl])([Cl])([Cl])([Cl])[Cl].[Cl][Ir-2]([Cl])([Cl])([Cl])([Cl])[Cl].[Cl][Ir-2]([Cl])([Cl])([Cl])([Cl])[Cl].[Rh+3].[Rh+3]. The fourth-order valence-electron chi connectivity index (χ4n) is 0. The van der Waals surface area contributed by atoms with E-state index in [-0.39, 0.29) is 76.2 Å². The second-order valence-electron chi connectivity index (χ2n) is 2.14. The van der Waals surface area contributed by atoms with Crippen LogP contribution in [0.2, 0.25) is 0 Å². The average molecular weight is 1530 g/mol. The largest absolute Gasteiger partial charge is 3.00 e. The van der Waals surface area contributed by atoms with Crippen molar-refractivity contribution in [3.05, 3.63) is 0 Å². The molecule has 26 heteroatoms. The van der Waals surface area contributed by atoms with Crippen LogP contribution in [0.3, 0.4) is 0 Å². The molecule has 26 heavy (non-hydrogen) atoms. The van der Waals surface area contributed by atoms with Crippen LogP contribution in [-0.2, 0) is 59.4 Å². The maximum atomic E-state index is 5.06. The summed E-state index contributed by atoms with van der Waals surface area (Å²) < 4.78 is 0. The third-order valence-corrected chi connectivity index (χ3v) is 0. The molecule has 0 amide bonds. The summed E-state index contributed by atoms with van der Waals surface area (Å²) in [4.78, 5) is 0. The van der Waals surface area contributed by atoms with E-state index in [0.29, 0.717) is 0 Å². The van der Waals surface area contributed by atoms with Crippen LogP contribution in [-0.4, -0.2) is 0 Å². The van der Waals surface area contributed by atoms with Crippen molar-refractivity contribution in [2.75, 3.05) is 0 Å². The summed E-state index contributed by atoms with van der Waals surface area (Å²) >= 11 is 0. The van der Waals surface area contributed by atoms with Gasteiger partial charge in [-0.05, 0) is 0 Å². The van der Waals surface area contributed by atoms with Gasteiger partial charge >= 0.3 is 232 Å². The van der Waals surface area contributed by atoms with Gasteiger partial charge < -0.3 is 37.2 Å². The Morgan fingerprint density at radius 3 is 0.231 bits per heavy atom. The van der Waals surface area contributed by atoms with Crippen LogP contribution in [0.4, 0.5) is 0 Å². The minimum absolute atomic E-state index is 0. The monoisotopic (exact) mass is 1520 g/mol. The van der Waals surface area contributed by atoms with Gasteiger partial charge in [-0.3, -0.25) is 0 Å². The van der Waals surface area contributed by atoms with Crippen LogP contribution in [0.15, 0.2) is 0 Å². The maximum absolute atomic E-state index is 5.33. The molecule has 0 N–H and O–H groups in total. The Balaban J connectivity index is -0.0000000284. The number of rotatable bonds is 0. The van der Waals surface area contributed by atoms with Gasteiger partial charge in [-0.2, -0.15) is 0 Å². The first kappa shape index (κ1) is 55.7. The fourth-order valence-corrected chi connectivity index (χ4v) is 0. The molecule has 0 aliphatic carbocycles. The standard InChI is InChI=1S/21ClH.3Ir.2Rh/h21*1H;;;;;/q;;;;;;;;;;;;;;;;;;;;;3*+4;2*+3/p-21. The van der Waals surface area contributed by atoms with E-state index in [1.165, 1.54) is 0 Å². The Morgan fingerprint density at radius 1 is 0.231 bits per heavy atom. The van der Waals surface area contributed by atoms with Gasteiger partial charge in [-0.25, -0.2) is 0 Å². The topological polar surface area (TPSA) is 0 Å². The predicted octanol–water partition coefficient (Wildman–Crippen LogP) is 3.41. The Labute approximate surface area is 262 Å². The normalized spacial score (nSPS) is 18.7. The van der Waals surface area contributed by atoms with Gasteiger partial charge in [0.1, 0.15) is 0 Å². The van der Waals surface area contributed by atoms with E-state index in [1.807, 2.05) is 0 Å². The van der Waals surface area contributed by atoms with Gasteiger partial charge in [0.15, 0.2) is 0 Å². The smallest absolute Gasteiger partial charge is 3.00 e. The van der Waals surface area contributed by atoms with Crippen molar-refractivity contribution < 1.29 is 96.6 Å². The van der Waals surface area contributed by atoms with Crippen LogP contribution in [0, 0.1) is 0 Å². The third-order valence-electron chi connectivity index (χ3n) is 0. The first-order valence-corrected chi connectivity index (χ1v) is 55.7. The van der Waals surface area contributed by atoms with Crippen molar-refractivity contribution >= 4 is 173 Å². The van der Waals surface area contributed by atoms with Crippen molar-refractivity contribution in [2.45, 2.75) is 0 Å². The molecule has 0 aliphatic heterocycles. The van der Waals surface area contributed by atoms with Gasteiger partial charge in [0.2, 0.25) is 0 Å². The second kappa shape index (κ2) is 12.9. The van der Waals surface area contributed by atoms with E-state index in [1.54, 1.807) is 0 Å². The summed E-state index contributed by atoms with van der Waals surface area (Å²) in [6, 6.07) is 0. The first-order chi connectivity index (χ1) is 7.35. The summed E-state index contributed by atoms with van der Waals surface area (Å²) in [5, 5.41) is 0. The third kappa shape index (κ3) is 402. The zero-order valence-electron chi connectivity index (χ0n) is 9.60. The predicted molar refractivity (Wildman–Crippen MR) is 105 cm³/mol. The van der Waals surface area contributed by atoms with Crippen molar-refractivity contribution in [3.63, 3.8) is 0 Å². The maximum Gasteiger partial charge on any atom is 3.00 e. The molecule has 0 spiro atoms. The van der Waals surface area contributed by atoms with Gasteiger partial charge in [0.05, 0.1) is 0 Å². The molecule has 0 radical (unpaired) electrons. The Kier molecular flexibility index (Phi) is 27.6. The molecule has 0 nitrogen and oxygen atoms in total. The average Bonchev–Trinajstić information content (AvgIpc) is 1.19. The van der Waals surface area contributed by atoms with Crippen molar-refractivity contribution in [1.82, 2.24) is 0 Å². The van der Waals surface area contributed by atoms with E-state index in [9.17, 15) is 0 Å². The van der Waals surface area contributed by atoms with Crippen LogP contribution < -0.4 is 37.2 Å². The molecule has 0 aromatic heterocycles. The van der Waals surface area contributed by atoms with E-state index in [0.717, 1.165) is 0 Å². The zero-order valence-corrected chi connectivity index (χ0v) is 35.9. The van der Waals surface area contributed by atoms with Crippen molar-refractivity contribution in [2.24, 2.45) is 0 Å². The number of hydrogen-bond acceptors (Lipinski definition) is 0. The van der Waals surface area contributed by atoms with Crippen LogP contribution >= 0.6 is 173 Å². The molecule has 0 aliphatic rings. The van der Waals surface area contributed by atoms with Gasteiger partial charge in [0.25, 0.3) is 0 Å². The van der Waals surface area contributed by atoms with Crippen LogP contribution in [0.1, 0.15) is 0 Å². The zero-order chi connectivity index (χ0) is 19.2. The molecule has 0 saturated carbocycles. The van der Waals surface area contributed by atoms with Crippen molar-refractivity contribution in [1.29, 1.82) is 0 Å².